The Morgan fingerprint density at radius 2 is 1.52 bits per heavy atom. The molecule has 0 N–H and O–H groups in total. The van der Waals surface area contributed by atoms with Crippen molar-refractivity contribution in [3.8, 4) is 11.5 Å². The lowest BCUT2D eigenvalue weighted by Crippen LogP contribution is -2.43. The van der Waals surface area contributed by atoms with Crippen molar-refractivity contribution >= 4 is 14.0 Å². The predicted molar refractivity (Wildman–Crippen MR) is 92.7 cm³/mol. The van der Waals surface area contributed by atoms with E-state index >= 15 is 0 Å². The highest BCUT2D eigenvalue weighted by Gasteiger charge is 2.41. The Balaban J connectivity index is 5.05. The van der Waals surface area contributed by atoms with Crippen LogP contribution in [0.5, 0.6) is 0 Å². The van der Waals surface area contributed by atoms with Crippen molar-refractivity contribution in [3.05, 3.63) is 17.4 Å². The molecule has 0 aliphatic rings. The van der Waals surface area contributed by atoms with E-state index in [1.165, 1.54) is 0 Å². The van der Waals surface area contributed by atoms with Gasteiger partial charge in [-0.3, -0.25) is 0 Å². The van der Waals surface area contributed by atoms with E-state index in [2.05, 4.69) is 58.7 Å². The summed E-state index contributed by atoms with van der Waals surface area (Å²) < 4.78 is 5.11. The topological polar surface area (TPSA) is 26.3 Å². The molecule has 0 saturated heterocycles. The van der Waals surface area contributed by atoms with Crippen molar-refractivity contribution < 1.29 is 9.53 Å². The van der Waals surface area contributed by atoms with Crippen LogP contribution in [0.15, 0.2) is 17.4 Å². The van der Waals surface area contributed by atoms with Gasteiger partial charge in [-0.05, 0) is 42.1 Å². The molecule has 0 aromatic carbocycles. The SMILES string of the molecule is CC(C)=C=CCOC(=O)C#C[Si](C(C)C)(C(C)C)C(C)C. The third-order valence-corrected chi connectivity index (χ3v) is 10.2. The second-order valence-corrected chi connectivity index (χ2v) is 12.2. The first-order valence-corrected chi connectivity index (χ1v) is 9.96. The molecular formula is C18H30O2Si. The minimum Gasteiger partial charge on any atom is -0.451 e. The molecular weight excluding hydrogens is 276 g/mol. The summed E-state index contributed by atoms with van der Waals surface area (Å²) in [6.07, 6.45) is 1.72. The Labute approximate surface area is 131 Å². The molecule has 0 amide bonds. The third-order valence-electron chi connectivity index (χ3n) is 3.94. The van der Waals surface area contributed by atoms with Gasteiger partial charge in [-0.15, -0.1) is 11.3 Å². The molecule has 0 unspecified atom stereocenters. The van der Waals surface area contributed by atoms with Gasteiger partial charge in [-0.25, -0.2) is 4.79 Å². The van der Waals surface area contributed by atoms with Gasteiger partial charge >= 0.3 is 5.97 Å². The number of hydrogen-bond donors (Lipinski definition) is 0. The highest BCUT2D eigenvalue weighted by Crippen LogP contribution is 2.40. The average molecular weight is 307 g/mol. The van der Waals surface area contributed by atoms with E-state index in [0.29, 0.717) is 16.6 Å². The number of hydrogen-bond acceptors (Lipinski definition) is 2. The minimum atomic E-state index is -1.85. The summed E-state index contributed by atoms with van der Waals surface area (Å²) >= 11 is 0. The largest absolute Gasteiger partial charge is 0.451 e. The maximum atomic E-state index is 11.8. The second kappa shape index (κ2) is 8.92. The lowest BCUT2D eigenvalue weighted by atomic mass is 10.4. The number of carbonyl (C=O) groups is 1. The van der Waals surface area contributed by atoms with Crippen molar-refractivity contribution in [2.75, 3.05) is 6.61 Å². The first kappa shape index (κ1) is 19.8. The van der Waals surface area contributed by atoms with Crippen LogP contribution in [0.2, 0.25) is 16.6 Å². The molecule has 3 heteroatoms. The standard InChI is InChI=1S/C18H30O2Si/c1-14(2)10-9-12-20-18(19)11-13-21(15(3)4,16(5)6)17(7)8/h9,15-17H,12H2,1-8H3. The van der Waals surface area contributed by atoms with Crippen molar-refractivity contribution in [2.24, 2.45) is 0 Å². The minimum absolute atomic E-state index is 0.234. The molecule has 118 valence electrons. The zero-order valence-corrected chi connectivity index (χ0v) is 15.8. The molecule has 0 heterocycles. The molecule has 0 aliphatic carbocycles. The highest BCUT2D eigenvalue weighted by atomic mass is 28.3. The van der Waals surface area contributed by atoms with E-state index < -0.39 is 14.0 Å². The Morgan fingerprint density at radius 3 is 1.90 bits per heavy atom. The zero-order valence-electron chi connectivity index (χ0n) is 14.8. The molecule has 2 nitrogen and oxygen atoms in total. The fraction of sp³-hybridized carbons (Fsp3) is 0.667. The maximum Gasteiger partial charge on any atom is 0.384 e. The van der Waals surface area contributed by atoms with E-state index in [-0.39, 0.29) is 6.61 Å². The summed E-state index contributed by atoms with van der Waals surface area (Å²) in [7, 11) is -1.85. The summed E-state index contributed by atoms with van der Waals surface area (Å²) in [5, 5.41) is 0. The van der Waals surface area contributed by atoms with Gasteiger partial charge in [-0.1, -0.05) is 41.5 Å². The Morgan fingerprint density at radius 1 is 1.05 bits per heavy atom. The van der Waals surface area contributed by atoms with Crippen LogP contribution in [0.25, 0.3) is 0 Å². The summed E-state index contributed by atoms with van der Waals surface area (Å²) in [5.41, 5.74) is 8.97. The van der Waals surface area contributed by atoms with Gasteiger partial charge in [0.05, 0.1) is 0 Å². The molecule has 0 fully saturated rings. The Kier molecular flexibility index (Phi) is 8.40. The van der Waals surface area contributed by atoms with Gasteiger partial charge in [0, 0.05) is 5.92 Å². The number of ether oxygens (including phenoxy) is 1. The molecule has 0 saturated carbocycles. The molecule has 0 spiro atoms. The van der Waals surface area contributed by atoms with E-state index in [9.17, 15) is 4.79 Å². The smallest absolute Gasteiger partial charge is 0.384 e. The molecule has 0 bridgehead atoms. The van der Waals surface area contributed by atoms with Crippen LogP contribution < -0.4 is 0 Å². The summed E-state index contributed by atoms with van der Waals surface area (Å²) in [6, 6.07) is 0. The average Bonchev–Trinajstić information content (AvgIpc) is 2.33. The van der Waals surface area contributed by atoms with Crippen LogP contribution >= 0.6 is 0 Å². The van der Waals surface area contributed by atoms with Crippen molar-refractivity contribution in [2.45, 2.75) is 72.0 Å². The highest BCUT2D eigenvalue weighted by molar-refractivity contribution is 6.90. The fourth-order valence-electron chi connectivity index (χ4n) is 2.99. The van der Waals surface area contributed by atoms with Gasteiger partial charge in [-0.2, -0.15) is 0 Å². The third kappa shape index (κ3) is 5.95. The Hall–Kier alpha value is -1.23. The van der Waals surface area contributed by atoms with Crippen LogP contribution in [-0.4, -0.2) is 20.7 Å². The zero-order chi connectivity index (χ0) is 16.6. The number of esters is 1. The van der Waals surface area contributed by atoms with Crippen LogP contribution in [0.4, 0.5) is 0 Å². The first-order valence-electron chi connectivity index (χ1n) is 7.72. The lowest BCUT2D eigenvalue weighted by molar-refractivity contribution is -0.135. The van der Waals surface area contributed by atoms with Gasteiger partial charge in [0.15, 0.2) is 0 Å². The molecule has 0 aromatic heterocycles. The van der Waals surface area contributed by atoms with E-state index in [1.807, 2.05) is 13.8 Å². The van der Waals surface area contributed by atoms with Crippen LogP contribution in [0.1, 0.15) is 55.4 Å². The normalized spacial score (nSPS) is 11.0. The molecule has 0 rings (SSSR count). The van der Waals surface area contributed by atoms with Crippen molar-refractivity contribution in [3.63, 3.8) is 0 Å². The van der Waals surface area contributed by atoms with E-state index in [1.54, 1.807) is 6.08 Å². The number of rotatable bonds is 5. The van der Waals surface area contributed by atoms with Crippen molar-refractivity contribution in [1.29, 1.82) is 0 Å². The summed E-state index contributed by atoms with van der Waals surface area (Å²) in [5.74, 6) is 2.32. The van der Waals surface area contributed by atoms with Gasteiger partial charge in [0.1, 0.15) is 14.7 Å². The number of carbonyl (C=O) groups excluding carboxylic acids is 1. The van der Waals surface area contributed by atoms with Crippen LogP contribution in [0.3, 0.4) is 0 Å². The van der Waals surface area contributed by atoms with Crippen LogP contribution in [0, 0.1) is 11.5 Å². The summed E-state index contributed by atoms with van der Waals surface area (Å²) in [6.45, 7) is 17.5. The molecule has 0 aromatic rings. The Bertz CT molecular complexity index is 443. The maximum absolute atomic E-state index is 11.8. The molecule has 0 atom stereocenters. The monoisotopic (exact) mass is 306 g/mol. The molecule has 0 radical (unpaired) electrons. The fourth-order valence-corrected chi connectivity index (χ4v) is 8.18. The first-order chi connectivity index (χ1) is 9.64. The van der Waals surface area contributed by atoms with E-state index in [4.69, 9.17) is 4.74 Å². The summed E-state index contributed by atoms with van der Waals surface area (Å²) in [4.78, 5) is 11.8. The van der Waals surface area contributed by atoms with Crippen LogP contribution in [-0.2, 0) is 9.53 Å². The lowest BCUT2D eigenvalue weighted by Gasteiger charge is -2.37. The van der Waals surface area contributed by atoms with E-state index in [0.717, 1.165) is 5.57 Å². The molecule has 21 heavy (non-hydrogen) atoms. The second-order valence-electron chi connectivity index (χ2n) is 6.59. The quantitative estimate of drug-likeness (QED) is 0.313. The van der Waals surface area contributed by atoms with Gasteiger partial charge < -0.3 is 4.74 Å². The van der Waals surface area contributed by atoms with Gasteiger partial charge in [0.25, 0.3) is 0 Å². The van der Waals surface area contributed by atoms with Crippen molar-refractivity contribution in [1.82, 2.24) is 0 Å². The molecule has 0 aliphatic heterocycles. The van der Waals surface area contributed by atoms with Gasteiger partial charge in [0.2, 0.25) is 0 Å². The predicted octanol–water partition coefficient (Wildman–Crippen LogP) is 4.87.